The molecule has 0 unspecified atom stereocenters. The number of rotatable bonds is 7. The lowest BCUT2D eigenvalue weighted by Gasteiger charge is -2.15. The Bertz CT molecular complexity index is 1020. The molecule has 0 saturated carbocycles. The number of carbonyl (C=O) groups excluding carboxylic acids is 1. The Kier molecular flexibility index (Phi) is 9.33. The summed E-state index contributed by atoms with van der Waals surface area (Å²) in [4.78, 5) is 15.5. The molecule has 3 rings (SSSR count). The van der Waals surface area contributed by atoms with Crippen molar-refractivity contribution in [2.45, 2.75) is 20.0 Å². The van der Waals surface area contributed by atoms with Gasteiger partial charge in [0.2, 0.25) is 5.91 Å². The van der Waals surface area contributed by atoms with Gasteiger partial charge in [-0.2, -0.15) is 0 Å². The predicted molar refractivity (Wildman–Crippen MR) is 135 cm³/mol. The Morgan fingerprint density at radius 3 is 2.29 bits per heavy atom. The Labute approximate surface area is 199 Å². The Hall–Kier alpha value is -3.07. The molecule has 7 heteroatoms. The number of hydrogen-bond acceptors (Lipinski definition) is 3. The smallest absolute Gasteiger partial charge is 0.248 e. The van der Waals surface area contributed by atoms with Gasteiger partial charge in [-0.05, 0) is 48.4 Å². The molecule has 0 aliphatic heterocycles. The zero-order chi connectivity index (χ0) is 21.3. The van der Waals surface area contributed by atoms with Crippen LogP contribution in [0.15, 0.2) is 77.8 Å². The van der Waals surface area contributed by atoms with E-state index < -0.39 is 5.91 Å². The number of primary amides is 1. The molecule has 0 aromatic heterocycles. The van der Waals surface area contributed by atoms with Crippen LogP contribution in [-0.2, 0) is 13.1 Å². The molecule has 0 saturated heterocycles. The number of ether oxygens (including phenoxy) is 1. The second-order valence-electron chi connectivity index (χ2n) is 6.87. The number of aliphatic imine (C=N–C) groups is 1. The molecule has 0 fully saturated rings. The third-order valence-corrected chi connectivity index (χ3v) is 4.56. The molecule has 3 aromatic carbocycles. The summed E-state index contributed by atoms with van der Waals surface area (Å²) in [6.07, 6.45) is 0. The SMILES string of the molecule is CN=C(NCc1ccc(C(N)=O)cc1)NCc1ccc(C)cc1Oc1ccccc1.I. The van der Waals surface area contributed by atoms with E-state index in [0.717, 1.165) is 28.2 Å². The highest BCUT2D eigenvalue weighted by atomic mass is 127. The lowest BCUT2D eigenvalue weighted by atomic mass is 10.1. The Morgan fingerprint density at radius 2 is 1.65 bits per heavy atom. The van der Waals surface area contributed by atoms with Crippen molar-refractivity contribution in [3.05, 3.63) is 95.1 Å². The first-order chi connectivity index (χ1) is 14.5. The van der Waals surface area contributed by atoms with Gasteiger partial charge in [-0.1, -0.05) is 42.5 Å². The number of halogens is 1. The lowest BCUT2D eigenvalue weighted by molar-refractivity contribution is 0.100. The third-order valence-electron chi connectivity index (χ3n) is 4.56. The van der Waals surface area contributed by atoms with E-state index in [2.05, 4.69) is 27.8 Å². The van der Waals surface area contributed by atoms with Gasteiger partial charge in [0.05, 0.1) is 0 Å². The van der Waals surface area contributed by atoms with Gasteiger partial charge in [0.15, 0.2) is 5.96 Å². The van der Waals surface area contributed by atoms with Gasteiger partial charge in [-0.3, -0.25) is 9.79 Å². The second kappa shape index (κ2) is 11.9. The first-order valence-electron chi connectivity index (χ1n) is 9.71. The number of carbonyl (C=O) groups is 1. The van der Waals surface area contributed by atoms with Gasteiger partial charge < -0.3 is 21.1 Å². The number of amides is 1. The fraction of sp³-hybridized carbons (Fsp3) is 0.167. The molecular weight excluding hydrogens is 503 g/mol. The quantitative estimate of drug-likeness (QED) is 0.241. The summed E-state index contributed by atoms with van der Waals surface area (Å²) in [5.74, 6) is 1.84. The number of nitrogens with two attached hydrogens (primary N) is 1. The van der Waals surface area contributed by atoms with Crippen LogP contribution in [0.1, 0.15) is 27.0 Å². The van der Waals surface area contributed by atoms with Crippen molar-refractivity contribution in [1.29, 1.82) is 0 Å². The van der Waals surface area contributed by atoms with Crippen LogP contribution in [0.3, 0.4) is 0 Å². The average molecular weight is 530 g/mol. The van der Waals surface area contributed by atoms with E-state index in [0.29, 0.717) is 24.6 Å². The summed E-state index contributed by atoms with van der Waals surface area (Å²) in [6.45, 7) is 3.17. The minimum atomic E-state index is -0.432. The molecule has 1 amide bonds. The molecule has 0 aliphatic rings. The van der Waals surface area contributed by atoms with Crippen LogP contribution in [0.25, 0.3) is 0 Å². The number of nitrogens with zero attached hydrogens (tertiary/aromatic N) is 1. The fourth-order valence-corrected chi connectivity index (χ4v) is 2.89. The normalized spacial score (nSPS) is 10.7. The molecule has 0 atom stereocenters. The van der Waals surface area contributed by atoms with Crippen LogP contribution >= 0.6 is 24.0 Å². The summed E-state index contributed by atoms with van der Waals surface area (Å²) in [5.41, 5.74) is 8.95. The molecule has 3 aromatic rings. The van der Waals surface area contributed by atoms with Crippen molar-refractivity contribution in [2.24, 2.45) is 10.7 Å². The van der Waals surface area contributed by atoms with Crippen molar-refractivity contribution >= 4 is 35.8 Å². The summed E-state index contributed by atoms with van der Waals surface area (Å²) in [7, 11) is 1.72. The Morgan fingerprint density at radius 1 is 0.968 bits per heavy atom. The predicted octanol–water partition coefficient (Wildman–Crippen LogP) is 4.37. The maximum Gasteiger partial charge on any atom is 0.248 e. The number of nitrogens with one attached hydrogen (secondary N) is 2. The third kappa shape index (κ3) is 7.29. The molecule has 31 heavy (non-hydrogen) atoms. The zero-order valence-electron chi connectivity index (χ0n) is 17.6. The number of hydrogen-bond donors (Lipinski definition) is 3. The second-order valence-corrected chi connectivity index (χ2v) is 6.87. The zero-order valence-corrected chi connectivity index (χ0v) is 19.9. The number of aryl methyl sites for hydroxylation is 1. The molecule has 4 N–H and O–H groups in total. The first kappa shape index (κ1) is 24.2. The van der Waals surface area contributed by atoms with Crippen LogP contribution in [0.4, 0.5) is 0 Å². The van der Waals surface area contributed by atoms with Crippen molar-refractivity contribution in [2.75, 3.05) is 7.05 Å². The molecule has 0 radical (unpaired) electrons. The van der Waals surface area contributed by atoms with Crippen molar-refractivity contribution in [1.82, 2.24) is 10.6 Å². The van der Waals surface area contributed by atoms with Crippen molar-refractivity contribution in [3.63, 3.8) is 0 Å². The minimum Gasteiger partial charge on any atom is -0.457 e. The fourth-order valence-electron chi connectivity index (χ4n) is 2.89. The minimum absolute atomic E-state index is 0. The van der Waals surface area contributed by atoms with E-state index in [-0.39, 0.29) is 24.0 Å². The van der Waals surface area contributed by atoms with Crippen molar-refractivity contribution < 1.29 is 9.53 Å². The van der Waals surface area contributed by atoms with E-state index in [1.165, 1.54) is 0 Å². The summed E-state index contributed by atoms with van der Waals surface area (Å²) in [6, 6.07) is 23.0. The van der Waals surface area contributed by atoms with Crippen LogP contribution < -0.4 is 21.1 Å². The molecule has 6 nitrogen and oxygen atoms in total. The molecule has 0 heterocycles. The van der Waals surface area contributed by atoms with Crippen LogP contribution in [0.5, 0.6) is 11.5 Å². The maximum absolute atomic E-state index is 11.2. The lowest BCUT2D eigenvalue weighted by Crippen LogP contribution is -2.36. The van der Waals surface area contributed by atoms with Gasteiger partial charge in [0.1, 0.15) is 11.5 Å². The van der Waals surface area contributed by atoms with E-state index in [9.17, 15) is 4.79 Å². The van der Waals surface area contributed by atoms with Gasteiger partial charge in [-0.15, -0.1) is 24.0 Å². The number of guanidine groups is 1. The molecule has 0 bridgehead atoms. The average Bonchev–Trinajstić information content (AvgIpc) is 2.76. The Balaban J connectivity index is 0.00000341. The number of para-hydroxylation sites is 1. The van der Waals surface area contributed by atoms with E-state index in [4.69, 9.17) is 10.5 Å². The summed E-state index contributed by atoms with van der Waals surface area (Å²) < 4.78 is 6.08. The maximum atomic E-state index is 11.2. The molecule has 0 aliphatic carbocycles. The van der Waals surface area contributed by atoms with Gasteiger partial charge in [0, 0.05) is 31.3 Å². The van der Waals surface area contributed by atoms with Gasteiger partial charge in [-0.25, -0.2) is 0 Å². The largest absolute Gasteiger partial charge is 0.457 e. The van der Waals surface area contributed by atoms with E-state index in [1.807, 2.05) is 55.5 Å². The molecule has 162 valence electrons. The summed E-state index contributed by atoms with van der Waals surface area (Å²) in [5, 5.41) is 6.58. The standard InChI is InChI=1S/C24H26N4O2.HI/c1-17-8-11-20(22(14-17)30-21-6-4-3-5-7-21)16-28-24(26-2)27-15-18-9-12-19(13-10-18)23(25)29;/h3-14H,15-16H2,1-2H3,(H2,25,29)(H2,26,27,28);1H. The van der Waals surface area contributed by atoms with Crippen molar-refractivity contribution in [3.8, 4) is 11.5 Å². The van der Waals surface area contributed by atoms with Crippen LogP contribution in [0.2, 0.25) is 0 Å². The van der Waals surface area contributed by atoms with E-state index in [1.54, 1.807) is 19.2 Å². The summed E-state index contributed by atoms with van der Waals surface area (Å²) >= 11 is 0. The van der Waals surface area contributed by atoms with Crippen LogP contribution in [0, 0.1) is 6.92 Å². The highest BCUT2D eigenvalue weighted by molar-refractivity contribution is 14.0. The van der Waals surface area contributed by atoms with Crippen LogP contribution in [-0.4, -0.2) is 18.9 Å². The van der Waals surface area contributed by atoms with Gasteiger partial charge in [0.25, 0.3) is 0 Å². The highest BCUT2D eigenvalue weighted by Crippen LogP contribution is 2.26. The molecule has 0 spiro atoms. The monoisotopic (exact) mass is 530 g/mol. The van der Waals surface area contributed by atoms with E-state index >= 15 is 0 Å². The van der Waals surface area contributed by atoms with Gasteiger partial charge >= 0.3 is 0 Å². The topological polar surface area (TPSA) is 88.7 Å². The molecular formula is C24H27IN4O2. The number of benzene rings is 3. The highest BCUT2D eigenvalue weighted by Gasteiger charge is 2.07. The first-order valence-corrected chi connectivity index (χ1v) is 9.71.